The minimum Gasteiger partial charge on any atom is -0.311 e. The molecule has 3 aliphatic rings. The first-order valence-corrected chi connectivity index (χ1v) is 5.06. The van der Waals surface area contributed by atoms with Crippen LogP contribution in [0.1, 0.15) is 19.3 Å². The molecule has 2 nitrogen and oxygen atoms in total. The van der Waals surface area contributed by atoms with E-state index in [1.54, 1.807) is 0 Å². The molecule has 0 radical (unpaired) electrons. The van der Waals surface area contributed by atoms with Crippen molar-refractivity contribution >= 4 is 22.9 Å². The van der Waals surface area contributed by atoms with Crippen LogP contribution in [0.2, 0.25) is 0 Å². The van der Waals surface area contributed by atoms with Gasteiger partial charge in [0.15, 0.2) is 0 Å². The third-order valence-corrected chi connectivity index (χ3v) is 3.08. The molecule has 2 heterocycles. The van der Waals surface area contributed by atoms with E-state index in [2.05, 4.69) is 31.7 Å². The van der Waals surface area contributed by atoms with Crippen LogP contribution in [-0.4, -0.2) is 18.6 Å². The van der Waals surface area contributed by atoms with Crippen molar-refractivity contribution < 1.29 is 0 Å². The van der Waals surface area contributed by atoms with E-state index in [9.17, 15) is 0 Å². The Bertz CT molecular complexity index is 113. The highest BCUT2D eigenvalue weighted by Gasteiger charge is 2.36. The first-order valence-electron chi connectivity index (χ1n) is 3.98. The zero-order valence-corrected chi connectivity index (χ0v) is 8.10. The van der Waals surface area contributed by atoms with Crippen molar-refractivity contribution in [2.24, 2.45) is 5.92 Å². The number of piperidine rings is 1. The monoisotopic (exact) mass is 252 g/mol. The molecule has 2 aliphatic heterocycles. The molecule has 0 spiro atoms. The first-order chi connectivity index (χ1) is 4.88. The molecule has 10 heavy (non-hydrogen) atoms. The van der Waals surface area contributed by atoms with E-state index in [-0.39, 0.29) is 0 Å². The van der Waals surface area contributed by atoms with E-state index in [4.69, 9.17) is 0 Å². The number of hydrogen-bond acceptors (Lipinski definition) is 2. The minimum absolute atomic E-state index is 0.869. The molecule has 2 unspecified atom stereocenters. The maximum atomic E-state index is 3.54. The summed E-state index contributed by atoms with van der Waals surface area (Å²) in [6, 6.07) is 1.74. The Labute approximate surface area is 75.6 Å². The fraction of sp³-hybridized carbons (Fsp3) is 1.00. The summed E-state index contributed by atoms with van der Waals surface area (Å²) < 4.78 is 3.22. The Morgan fingerprint density at radius 2 is 1.90 bits per heavy atom. The van der Waals surface area contributed by atoms with Crippen LogP contribution in [0.3, 0.4) is 0 Å². The molecule has 2 atom stereocenters. The third kappa shape index (κ3) is 1.31. The lowest BCUT2D eigenvalue weighted by atomic mass is 9.76. The number of halogens is 1. The van der Waals surface area contributed by atoms with E-state index in [0.717, 1.165) is 18.0 Å². The minimum atomic E-state index is 0.869. The highest BCUT2D eigenvalue weighted by molar-refractivity contribution is 14.1. The Morgan fingerprint density at radius 3 is 2.40 bits per heavy atom. The van der Waals surface area contributed by atoms with Gasteiger partial charge in [0.2, 0.25) is 0 Å². The number of hydrogen-bond donors (Lipinski definition) is 2. The predicted octanol–water partition coefficient (Wildman–Crippen LogP) is 1.07. The molecule has 0 amide bonds. The van der Waals surface area contributed by atoms with E-state index < -0.39 is 0 Å². The summed E-state index contributed by atoms with van der Waals surface area (Å²) in [5, 5.41) is 3.54. The van der Waals surface area contributed by atoms with Gasteiger partial charge in [-0.1, -0.05) is 0 Å². The van der Waals surface area contributed by atoms with E-state index >= 15 is 0 Å². The molecule has 3 heteroatoms. The van der Waals surface area contributed by atoms with Crippen molar-refractivity contribution in [3.63, 3.8) is 0 Å². The summed E-state index contributed by atoms with van der Waals surface area (Å²) in [5.74, 6) is 0.946. The Morgan fingerprint density at radius 1 is 1.30 bits per heavy atom. The van der Waals surface area contributed by atoms with Crippen LogP contribution >= 0.6 is 22.9 Å². The van der Waals surface area contributed by atoms with Crippen LogP contribution in [0.15, 0.2) is 0 Å². The number of nitrogens with one attached hydrogen (secondary N) is 2. The zero-order valence-electron chi connectivity index (χ0n) is 5.94. The molecule has 1 saturated carbocycles. The van der Waals surface area contributed by atoms with Crippen LogP contribution in [0, 0.1) is 5.92 Å². The molecule has 2 N–H and O–H groups in total. The van der Waals surface area contributed by atoms with Crippen LogP contribution < -0.4 is 8.85 Å². The molecule has 3 rings (SSSR count). The van der Waals surface area contributed by atoms with Crippen molar-refractivity contribution in [2.75, 3.05) is 6.54 Å². The van der Waals surface area contributed by atoms with Gasteiger partial charge in [-0.15, -0.1) is 0 Å². The average molecular weight is 252 g/mol. The number of fused-ring (bicyclic) bond motifs is 2. The van der Waals surface area contributed by atoms with Gasteiger partial charge in [-0.2, -0.15) is 0 Å². The van der Waals surface area contributed by atoms with E-state index in [1.807, 2.05) is 0 Å². The highest BCUT2D eigenvalue weighted by Crippen LogP contribution is 2.32. The van der Waals surface area contributed by atoms with Gasteiger partial charge >= 0.3 is 0 Å². The Hall–Kier alpha value is 0.650. The Balaban J connectivity index is 1.80. The molecule has 2 saturated heterocycles. The van der Waals surface area contributed by atoms with E-state index in [0.29, 0.717) is 0 Å². The van der Waals surface area contributed by atoms with Crippen LogP contribution in [-0.2, 0) is 0 Å². The first kappa shape index (κ1) is 7.31. The third-order valence-electron chi connectivity index (χ3n) is 2.64. The summed E-state index contributed by atoms with van der Waals surface area (Å²) in [5.41, 5.74) is 0. The molecule has 0 aromatic rings. The van der Waals surface area contributed by atoms with Gasteiger partial charge in [-0.05, 0) is 25.2 Å². The van der Waals surface area contributed by atoms with Gasteiger partial charge in [0.1, 0.15) is 0 Å². The van der Waals surface area contributed by atoms with Crippen molar-refractivity contribution in [2.45, 2.75) is 31.3 Å². The molecular formula is C7H13IN2. The average Bonchev–Trinajstić information content (AvgIpc) is 1.87. The van der Waals surface area contributed by atoms with Gasteiger partial charge < -0.3 is 5.32 Å². The quantitative estimate of drug-likeness (QED) is 0.567. The van der Waals surface area contributed by atoms with Gasteiger partial charge in [-0.3, -0.25) is 3.53 Å². The molecule has 58 valence electrons. The van der Waals surface area contributed by atoms with Crippen molar-refractivity contribution in [1.82, 2.24) is 8.85 Å². The van der Waals surface area contributed by atoms with E-state index in [1.165, 1.54) is 25.8 Å². The normalized spacial score (nSPS) is 44.7. The Kier molecular flexibility index (Phi) is 2.15. The van der Waals surface area contributed by atoms with Gasteiger partial charge in [-0.25, -0.2) is 0 Å². The largest absolute Gasteiger partial charge is 0.311 e. The molecule has 0 aromatic carbocycles. The maximum absolute atomic E-state index is 3.54. The number of rotatable bonds is 2. The van der Waals surface area contributed by atoms with Crippen LogP contribution in [0.25, 0.3) is 0 Å². The SMILES string of the molecule is INCC1CC2CC(C1)N2. The summed E-state index contributed by atoms with van der Waals surface area (Å²) in [7, 11) is 0. The fourth-order valence-corrected chi connectivity index (χ4v) is 2.78. The van der Waals surface area contributed by atoms with Gasteiger partial charge in [0.25, 0.3) is 0 Å². The molecule has 0 aromatic heterocycles. The highest BCUT2D eigenvalue weighted by atomic mass is 127. The van der Waals surface area contributed by atoms with Crippen LogP contribution in [0.4, 0.5) is 0 Å². The summed E-state index contributed by atoms with van der Waals surface area (Å²) in [4.78, 5) is 0. The second kappa shape index (κ2) is 2.95. The van der Waals surface area contributed by atoms with Crippen LogP contribution in [0.5, 0.6) is 0 Å². The maximum Gasteiger partial charge on any atom is 0.0169 e. The van der Waals surface area contributed by atoms with Gasteiger partial charge in [0, 0.05) is 41.5 Å². The molecule has 3 fully saturated rings. The summed E-state index contributed by atoms with van der Waals surface area (Å²) >= 11 is 2.24. The summed E-state index contributed by atoms with van der Waals surface area (Å²) in [6.45, 7) is 1.20. The van der Waals surface area contributed by atoms with Gasteiger partial charge in [0.05, 0.1) is 0 Å². The standard InChI is InChI=1S/C7H13IN2/c8-9-4-5-1-6-3-7(2-5)10-6/h5-7,9-10H,1-4H2. The zero-order chi connectivity index (χ0) is 6.97. The fourth-order valence-electron chi connectivity index (χ4n) is 2.16. The topological polar surface area (TPSA) is 24.1 Å². The predicted molar refractivity (Wildman–Crippen MR) is 50.1 cm³/mol. The lowest BCUT2D eigenvalue weighted by Crippen LogP contribution is -2.58. The molecule has 2 bridgehead atoms. The van der Waals surface area contributed by atoms with Crippen molar-refractivity contribution in [1.29, 1.82) is 0 Å². The second-order valence-electron chi connectivity index (χ2n) is 3.47. The molecule has 1 aliphatic carbocycles. The van der Waals surface area contributed by atoms with Crippen molar-refractivity contribution in [3.8, 4) is 0 Å². The lowest BCUT2D eigenvalue weighted by Gasteiger charge is -2.46. The summed E-state index contributed by atoms with van der Waals surface area (Å²) in [6.07, 6.45) is 4.23. The van der Waals surface area contributed by atoms with Crippen molar-refractivity contribution in [3.05, 3.63) is 0 Å². The lowest BCUT2D eigenvalue weighted by molar-refractivity contribution is 0.131. The smallest absolute Gasteiger partial charge is 0.0169 e. The second-order valence-corrected chi connectivity index (χ2v) is 4.23. The molecular weight excluding hydrogens is 239 g/mol.